The largest absolute Gasteiger partial charge is 0.545 e. The van der Waals surface area contributed by atoms with Crippen LogP contribution in [0.1, 0.15) is 15.9 Å². The van der Waals surface area contributed by atoms with Crippen LogP contribution in [0.15, 0.2) is 57.3 Å². The van der Waals surface area contributed by atoms with E-state index in [0.717, 1.165) is 16.9 Å². The highest BCUT2D eigenvalue weighted by atomic mass is 32.1. The number of carboxylic acid groups (broad SMARTS) is 1. The molecule has 0 fully saturated rings. The Morgan fingerprint density at radius 2 is 1.96 bits per heavy atom. The van der Waals surface area contributed by atoms with Crippen molar-refractivity contribution >= 4 is 23.0 Å². The van der Waals surface area contributed by atoms with Gasteiger partial charge in [0, 0.05) is 10.9 Å². The topological polar surface area (TPSA) is 74.9 Å². The van der Waals surface area contributed by atoms with Crippen molar-refractivity contribution in [2.75, 3.05) is 7.11 Å². The lowest BCUT2D eigenvalue weighted by Gasteiger charge is -2.04. The number of nitrogens with zero attached hydrogens (tertiary/aromatic N) is 1. The first-order valence-electron chi connectivity index (χ1n) is 7.16. The number of benzene rings is 2. The molecule has 24 heavy (non-hydrogen) atoms. The van der Waals surface area contributed by atoms with Gasteiger partial charge in [-0.05, 0) is 48.4 Å². The lowest BCUT2D eigenvalue weighted by atomic mass is 10.1. The van der Waals surface area contributed by atoms with Crippen molar-refractivity contribution in [1.29, 1.82) is 0 Å². The highest BCUT2D eigenvalue weighted by Gasteiger charge is 2.05. The summed E-state index contributed by atoms with van der Waals surface area (Å²) in [7, 11) is 1.62. The van der Waals surface area contributed by atoms with Crippen LogP contribution in [-0.4, -0.2) is 13.1 Å². The molecular formula is C18H14NO4S-. The van der Waals surface area contributed by atoms with E-state index in [0.29, 0.717) is 16.3 Å². The number of hydrogen-bond acceptors (Lipinski definition) is 6. The number of carboxylic acids is 1. The van der Waals surface area contributed by atoms with Crippen molar-refractivity contribution < 1.29 is 19.1 Å². The standard InChI is InChI=1S/C18H15NO4S/c1-11-3-4-13(17(20)21)9-15(11)19-18-23-16(10-24-18)12-5-7-14(22-2)8-6-12/h3-10H,1-2H3,(H,20,21)/p-1. The predicted octanol–water partition coefficient (Wildman–Crippen LogP) is 2.92. The Labute approximate surface area is 142 Å². The molecule has 0 saturated carbocycles. The summed E-state index contributed by atoms with van der Waals surface area (Å²) in [6.07, 6.45) is 0. The number of carbonyl (C=O) groups excluding carboxylic acids is 1. The van der Waals surface area contributed by atoms with Crippen LogP contribution in [0.3, 0.4) is 0 Å². The minimum absolute atomic E-state index is 0.0892. The van der Waals surface area contributed by atoms with Crippen molar-refractivity contribution in [2.45, 2.75) is 6.92 Å². The quantitative estimate of drug-likeness (QED) is 0.732. The van der Waals surface area contributed by atoms with E-state index in [4.69, 9.17) is 9.15 Å². The van der Waals surface area contributed by atoms with Gasteiger partial charge in [0.05, 0.1) is 18.8 Å². The number of ether oxygens (including phenoxy) is 1. The molecular weight excluding hydrogens is 326 g/mol. The minimum Gasteiger partial charge on any atom is -0.545 e. The first kappa shape index (κ1) is 16.0. The molecule has 1 aromatic heterocycles. The third-order valence-corrected chi connectivity index (χ3v) is 4.20. The molecule has 2 aromatic carbocycles. The molecule has 122 valence electrons. The maximum atomic E-state index is 11.0. The normalized spacial score (nSPS) is 11.5. The highest BCUT2D eigenvalue weighted by molar-refractivity contribution is 7.07. The van der Waals surface area contributed by atoms with E-state index < -0.39 is 5.97 Å². The predicted molar refractivity (Wildman–Crippen MR) is 89.3 cm³/mol. The summed E-state index contributed by atoms with van der Waals surface area (Å²) < 4.78 is 10.9. The SMILES string of the molecule is COc1ccc(-c2csc(=Nc3cc(C(=O)[O-])ccc3C)o2)cc1. The monoisotopic (exact) mass is 340 g/mol. The number of methoxy groups -OCH3 is 1. The zero-order chi connectivity index (χ0) is 17.1. The van der Waals surface area contributed by atoms with Crippen LogP contribution in [0.25, 0.3) is 11.3 Å². The van der Waals surface area contributed by atoms with Gasteiger partial charge in [-0.1, -0.05) is 23.5 Å². The molecule has 6 heteroatoms. The van der Waals surface area contributed by atoms with E-state index in [9.17, 15) is 9.90 Å². The van der Waals surface area contributed by atoms with Crippen LogP contribution < -0.4 is 14.7 Å². The van der Waals surface area contributed by atoms with Crippen LogP contribution in [0.2, 0.25) is 0 Å². The number of carbonyl (C=O) groups is 1. The third kappa shape index (κ3) is 3.38. The summed E-state index contributed by atoms with van der Waals surface area (Å²) in [5.41, 5.74) is 2.40. The van der Waals surface area contributed by atoms with Crippen LogP contribution in [-0.2, 0) is 0 Å². The second-order valence-electron chi connectivity index (χ2n) is 5.10. The van der Waals surface area contributed by atoms with E-state index in [1.807, 2.05) is 36.6 Å². The molecule has 5 nitrogen and oxygen atoms in total. The molecule has 0 aliphatic carbocycles. The van der Waals surface area contributed by atoms with Crippen LogP contribution in [0, 0.1) is 6.92 Å². The minimum atomic E-state index is -1.23. The lowest BCUT2D eigenvalue weighted by molar-refractivity contribution is -0.255. The molecule has 3 aromatic rings. The summed E-state index contributed by atoms with van der Waals surface area (Å²) >= 11 is 1.34. The van der Waals surface area contributed by atoms with Gasteiger partial charge in [0.25, 0.3) is 4.87 Å². The fraction of sp³-hybridized carbons (Fsp3) is 0.111. The molecule has 1 heterocycles. The molecule has 0 atom stereocenters. The fourth-order valence-electron chi connectivity index (χ4n) is 2.13. The molecule has 0 unspecified atom stereocenters. The Morgan fingerprint density at radius 1 is 1.21 bits per heavy atom. The van der Waals surface area contributed by atoms with Crippen LogP contribution in [0.4, 0.5) is 5.69 Å². The summed E-state index contributed by atoms with van der Waals surface area (Å²) in [5.74, 6) is 0.234. The Bertz CT molecular complexity index is 938. The Kier molecular flexibility index (Phi) is 4.48. The van der Waals surface area contributed by atoms with E-state index in [2.05, 4.69) is 4.99 Å². The lowest BCUT2D eigenvalue weighted by Crippen LogP contribution is -2.22. The Hall–Kier alpha value is -2.86. The van der Waals surface area contributed by atoms with E-state index in [1.165, 1.54) is 23.5 Å². The first-order valence-corrected chi connectivity index (χ1v) is 8.04. The smallest absolute Gasteiger partial charge is 0.279 e. The van der Waals surface area contributed by atoms with Gasteiger partial charge in [-0.3, -0.25) is 0 Å². The van der Waals surface area contributed by atoms with E-state index >= 15 is 0 Å². The van der Waals surface area contributed by atoms with Crippen molar-refractivity contribution in [3.05, 3.63) is 63.8 Å². The first-order chi connectivity index (χ1) is 11.6. The maximum absolute atomic E-state index is 11.0. The van der Waals surface area contributed by atoms with Crippen LogP contribution >= 0.6 is 11.3 Å². The molecule has 0 bridgehead atoms. The molecule has 0 N–H and O–H groups in total. The number of aryl methyl sites for hydroxylation is 1. The molecule has 0 amide bonds. The van der Waals surface area contributed by atoms with Gasteiger partial charge < -0.3 is 19.1 Å². The van der Waals surface area contributed by atoms with Gasteiger partial charge in [-0.2, -0.15) is 0 Å². The summed E-state index contributed by atoms with van der Waals surface area (Å²) in [4.78, 5) is 15.8. The fourth-order valence-corrected chi connectivity index (χ4v) is 2.81. The third-order valence-electron chi connectivity index (χ3n) is 3.50. The number of aromatic carboxylic acids is 1. The number of hydrogen-bond donors (Lipinski definition) is 0. The summed E-state index contributed by atoms with van der Waals surface area (Å²) in [6, 6.07) is 12.2. The van der Waals surface area contributed by atoms with Gasteiger partial charge >= 0.3 is 0 Å². The average molecular weight is 340 g/mol. The highest BCUT2D eigenvalue weighted by Crippen LogP contribution is 2.24. The molecule has 0 radical (unpaired) electrons. The summed E-state index contributed by atoms with van der Waals surface area (Å²) in [6.45, 7) is 1.86. The van der Waals surface area contributed by atoms with Crippen molar-refractivity contribution in [2.24, 2.45) is 4.99 Å². The van der Waals surface area contributed by atoms with Crippen molar-refractivity contribution in [3.8, 4) is 17.1 Å². The zero-order valence-corrected chi connectivity index (χ0v) is 13.9. The number of rotatable bonds is 4. The van der Waals surface area contributed by atoms with Gasteiger partial charge in [-0.25, -0.2) is 4.99 Å². The second kappa shape index (κ2) is 6.72. The van der Waals surface area contributed by atoms with Gasteiger partial charge in [0.2, 0.25) is 0 Å². The van der Waals surface area contributed by atoms with Crippen LogP contribution in [0.5, 0.6) is 5.75 Å². The zero-order valence-electron chi connectivity index (χ0n) is 13.1. The Morgan fingerprint density at radius 3 is 2.62 bits per heavy atom. The molecule has 0 spiro atoms. The van der Waals surface area contributed by atoms with E-state index in [-0.39, 0.29) is 5.56 Å². The Balaban J connectivity index is 1.96. The molecule has 0 aliphatic rings. The van der Waals surface area contributed by atoms with E-state index in [1.54, 1.807) is 13.2 Å². The summed E-state index contributed by atoms with van der Waals surface area (Å²) in [5, 5.41) is 12.8. The molecule has 0 saturated heterocycles. The van der Waals surface area contributed by atoms with Crippen molar-refractivity contribution in [3.63, 3.8) is 0 Å². The van der Waals surface area contributed by atoms with Crippen molar-refractivity contribution in [1.82, 2.24) is 0 Å². The van der Waals surface area contributed by atoms with Gasteiger partial charge in [0.15, 0.2) is 0 Å². The molecule has 0 aliphatic heterocycles. The second-order valence-corrected chi connectivity index (χ2v) is 5.92. The molecule has 3 rings (SSSR count). The maximum Gasteiger partial charge on any atom is 0.279 e. The van der Waals surface area contributed by atoms with Gasteiger partial charge in [-0.15, -0.1) is 0 Å². The van der Waals surface area contributed by atoms with Gasteiger partial charge in [0.1, 0.15) is 11.5 Å². The average Bonchev–Trinajstić information content (AvgIpc) is 3.05.